The summed E-state index contributed by atoms with van der Waals surface area (Å²) in [6, 6.07) is 4.16. The molecule has 0 aliphatic rings. The average molecular weight is 328 g/mol. The Morgan fingerprint density at radius 3 is 2.38 bits per heavy atom. The number of ether oxygens (including phenoxy) is 1. The average Bonchev–Trinajstić information content (AvgIpc) is 2.80. The predicted octanol–water partition coefficient (Wildman–Crippen LogP) is 3.63. The summed E-state index contributed by atoms with van der Waals surface area (Å²) < 4.78 is 29.8. The molecule has 0 N–H and O–H groups in total. The molecule has 1 aromatic heterocycles. The molecule has 0 aliphatic carbocycles. The highest BCUT2D eigenvalue weighted by Crippen LogP contribution is 2.34. The second-order valence-electron chi connectivity index (χ2n) is 3.71. The second kappa shape index (κ2) is 6.01. The third-order valence-corrected chi connectivity index (χ3v) is 3.00. The molecule has 0 spiro atoms. The molecule has 0 saturated carbocycles. The van der Waals surface area contributed by atoms with Gasteiger partial charge in [0.25, 0.3) is 0 Å². The maximum absolute atomic E-state index is 12.2. The number of hydrogen-bond donors (Lipinski definition) is 0. The van der Waals surface area contributed by atoms with Gasteiger partial charge in [-0.05, 0) is 0 Å². The van der Waals surface area contributed by atoms with Crippen LogP contribution in [0.15, 0.2) is 18.3 Å². The van der Waals surface area contributed by atoms with E-state index in [4.69, 9.17) is 34.9 Å². The lowest BCUT2D eigenvalue weighted by molar-refractivity contribution is -0.0498. The first kappa shape index (κ1) is 15.1. The van der Waals surface area contributed by atoms with Crippen LogP contribution in [0.2, 0.25) is 10.0 Å². The molecule has 0 fully saturated rings. The number of terminal acetylenes is 1. The van der Waals surface area contributed by atoms with E-state index in [-0.39, 0.29) is 32.7 Å². The number of nitriles is 1. The van der Waals surface area contributed by atoms with Gasteiger partial charge in [-0.1, -0.05) is 29.1 Å². The van der Waals surface area contributed by atoms with Crippen molar-refractivity contribution in [3.63, 3.8) is 0 Å². The number of aromatic nitrogens is 2. The van der Waals surface area contributed by atoms with E-state index in [1.54, 1.807) is 0 Å². The molecule has 0 bridgehead atoms. The molecule has 0 unspecified atom stereocenters. The Morgan fingerprint density at radius 1 is 1.33 bits per heavy atom. The summed E-state index contributed by atoms with van der Waals surface area (Å²) in [5, 5.41) is 12.9. The van der Waals surface area contributed by atoms with Crippen LogP contribution in [-0.4, -0.2) is 16.4 Å². The van der Waals surface area contributed by atoms with Crippen LogP contribution in [0.5, 0.6) is 5.75 Å². The third kappa shape index (κ3) is 3.08. The standard InChI is InChI=1S/C13H5Cl2F2N3O/c1-2-7-6-20(19-11(7)5-18)12-9(14)3-8(4-10(12)15)21-13(16)17/h1,3-4,6,13H. The number of alkyl halides is 2. The highest BCUT2D eigenvalue weighted by molar-refractivity contribution is 6.38. The lowest BCUT2D eigenvalue weighted by Gasteiger charge is -2.10. The van der Waals surface area contributed by atoms with Crippen LogP contribution in [0, 0.1) is 23.7 Å². The van der Waals surface area contributed by atoms with Crippen LogP contribution >= 0.6 is 23.2 Å². The lowest BCUT2D eigenvalue weighted by Crippen LogP contribution is -2.03. The Labute approximate surface area is 128 Å². The van der Waals surface area contributed by atoms with Gasteiger partial charge < -0.3 is 4.74 Å². The summed E-state index contributed by atoms with van der Waals surface area (Å²) in [5.74, 6) is 2.11. The van der Waals surface area contributed by atoms with E-state index in [1.165, 1.54) is 10.9 Å². The Balaban J connectivity index is 2.53. The summed E-state index contributed by atoms with van der Waals surface area (Å²) in [7, 11) is 0. The van der Waals surface area contributed by atoms with Gasteiger partial charge >= 0.3 is 6.61 Å². The first-order valence-corrected chi connectivity index (χ1v) is 6.12. The molecule has 1 aromatic carbocycles. The molecule has 0 atom stereocenters. The van der Waals surface area contributed by atoms with E-state index in [9.17, 15) is 8.78 Å². The van der Waals surface area contributed by atoms with Crippen molar-refractivity contribution in [3.8, 4) is 29.8 Å². The fourth-order valence-corrected chi connectivity index (χ4v) is 2.25. The Kier molecular flexibility index (Phi) is 4.32. The molecule has 0 radical (unpaired) electrons. The molecule has 2 rings (SSSR count). The summed E-state index contributed by atoms with van der Waals surface area (Å²) in [4.78, 5) is 0. The summed E-state index contributed by atoms with van der Waals surface area (Å²) in [5.41, 5.74) is 0.494. The van der Waals surface area contributed by atoms with Gasteiger partial charge in [-0.2, -0.15) is 19.1 Å². The molecule has 2 aromatic rings. The topological polar surface area (TPSA) is 50.8 Å². The first-order valence-electron chi connectivity index (χ1n) is 5.37. The van der Waals surface area contributed by atoms with E-state index >= 15 is 0 Å². The van der Waals surface area contributed by atoms with Gasteiger partial charge in [-0.15, -0.1) is 6.42 Å². The SMILES string of the molecule is C#Cc1cn(-c2c(Cl)cc(OC(F)F)cc2Cl)nc1C#N. The maximum Gasteiger partial charge on any atom is 0.387 e. The van der Waals surface area contributed by atoms with Crippen LogP contribution in [0.4, 0.5) is 8.78 Å². The molecule has 0 aliphatic heterocycles. The zero-order valence-corrected chi connectivity index (χ0v) is 11.7. The van der Waals surface area contributed by atoms with Gasteiger partial charge in [0.05, 0.1) is 15.6 Å². The van der Waals surface area contributed by atoms with Crippen LogP contribution in [-0.2, 0) is 0 Å². The zero-order valence-electron chi connectivity index (χ0n) is 10.1. The summed E-state index contributed by atoms with van der Waals surface area (Å²) in [6.07, 6.45) is 6.64. The van der Waals surface area contributed by atoms with Gasteiger partial charge in [0, 0.05) is 18.3 Å². The van der Waals surface area contributed by atoms with E-state index in [1.807, 2.05) is 6.07 Å². The van der Waals surface area contributed by atoms with E-state index in [2.05, 4.69) is 15.8 Å². The Morgan fingerprint density at radius 2 is 1.95 bits per heavy atom. The van der Waals surface area contributed by atoms with Crippen LogP contribution < -0.4 is 4.74 Å². The van der Waals surface area contributed by atoms with Crippen molar-refractivity contribution in [3.05, 3.63) is 39.6 Å². The third-order valence-electron chi connectivity index (χ3n) is 2.42. The predicted molar refractivity (Wildman–Crippen MR) is 72.9 cm³/mol. The van der Waals surface area contributed by atoms with E-state index < -0.39 is 6.61 Å². The van der Waals surface area contributed by atoms with E-state index in [0.29, 0.717) is 0 Å². The first-order chi connectivity index (χ1) is 9.96. The van der Waals surface area contributed by atoms with Crippen molar-refractivity contribution in [2.45, 2.75) is 6.61 Å². The highest BCUT2D eigenvalue weighted by Gasteiger charge is 2.16. The minimum Gasteiger partial charge on any atom is -0.435 e. The van der Waals surface area contributed by atoms with Crippen LogP contribution in [0.25, 0.3) is 5.69 Å². The van der Waals surface area contributed by atoms with Crippen molar-refractivity contribution >= 4 is 23.2 Å². The quantitative estimate of drug-likeness (QED) is 0.809. The minimum absolute atomic E-state index is 0.0220. The fourth-order valence-electron chi connectivity index (χ4n) is 1.61. The van der Waals surface area contributed by atoms with Crippen molar-refractivity contribution in [2.24, 2.45) is 0 Å². The van der Waals surface area contributed by atoms with Gasteiger partial charge in [0.2, 0.25) is 0 Å². The molecule has 106 valence electrons. The van der Waals surface area contributed by atoms with Crippen LogP contribution in [0.1, 0.15) is 11.3 Å². The lowest BCUT2D eigenvalue weighted by atomic mass is 10.3. The molecule has 8 heteroatoms. The van der Waals surface area contributed by atoms with Gasteiger partial charge in [-0.3, -0.25) is 0 Å². The number of rotatable bonds is 3. The largest absolute Gasteiger partial charge is 0.435 e. The number of halogens is 4. The molecular formula is C13H5Cl2F2N3O. The van der Waals surface area contributed by atoms with Crippen molar-refractivity contribution in [1.29, 1.82) is 5.26 Å². The monoisotopic (exact) mass is 327 g/mol. The molecule has 1 heterocycles. The minimum atomic E-state index is -2.99. The number of benzene rings is 1. The number of hydrogen-bond acceptors (Lipinski definition) is 3. The summed E-state index contributed by atoms with van der Waals surface area (Å²) >= 11 is 12.0. The van der Waals surface area contributed by atoms with Gasteiger partial charge in [-0.25, -0.2) is 4.68 Å². The molecule has 0 amide bonds. The normalized spacial score (nSPS) is 10.2. The van der Waals surface area contributed by atoms with Crippen molar-refractivity contribution in [2.75, 3.05) is 0 Å². The number of nitrogens with zero attached hydrogens (tertiary/aromatic N) is 3. The molecule has 4 nitrogen and oxygen atoms in total. The highest BCUT2D eigenvalue weighted by atomic mass is 35.5. The Hall–Kier alpha value is -2.28. The van der Waals surface area contributed by atoms with Crippen LogP contribution in [0.3, 0.4) is 0 Å². The molecular weight excluding hydrogens is 323 g/mol. The smallest absolute Gasteiger partial charge is 0.387 e. The van der Waals surface area contributed by atoms with Crippen molar-refractivity contribution < 1.29 is 13.5 Å². The van der Waals surface area contributed by atoms with Crippen molar-refractivity contribution in [1.82, 2.24) is 9.78 Å². The van der Waals surface area contributed by atoms with E-state index in [0.717, 1.165) is 12.1 Å². The zero-order chi connectivity index (χ0) is 15.6. The maximum atomic E-state index is 12.2. The summed E-state index contributed by atoms with van der Waals surface area (Å²) in [6.45, 7) is -2.99. The molecule has 0 saturated heterocycles. The van der Waals surface area contributed by atoms with Gasteiger partial charge in [0.15, 0.2) is 5.69 Å². The Bertz CT molecular complexity index is 720. The second-order valence-corrected chi connectivity index (χ2v) is 4.52. The fraction of sp³-hybridized carbons (Fsp3) is 0.0769. The molecule has 21 heavy (non-hydrogen) atoms. The van der Waals surface area contributed by atoms with Gasteiger partial charge in [0.1, 0.15) is 17.5 Å².